The van der Waals surface area contributed by atoms with Crippen molar-refractivity contribution in [2.75, 3.05) is 19.1 Å². The molecule has 0 spiro atoms. The quantitative estimate of drug-likeness (QED) is 0.606. The van der Waals surface area contributed by atoms with Gasteiger partial charge in [0.05, 0.1) is 6.61 Å². The molecule has 1 rings (SSSR count). The first-order chi connectivity index (χ1) is 5.88. The molecular weight excluding hydrogens is 172 g/mol. The Morgan fingerprint density at radius 3 is 2.58 bits per heavy atom. The van der Waals surface area contributed by atoms with Crippen LogP contribution in [-0.4, -0.2) is 19.1 Å². The zero-order valence-electron chi connectivity index (χ0n) is 7.89. The molecule has 0 aromatic heterocycles. The Kier molecular flexibility index (Phi) is 5.01. The van der Waals surface area contributed by atoms with Crippen molar-refractivity contribution < 1.29 is 4.74 Å². The molecule has 0 N–H and O–H groups in total. The van der Waals surface area contributed by atoms with Gasteiger partial charge in [0.1, 0.15) is 0 Å². The molecule has 12 heavy (non-hydrogen) atoms. The summed E-state index contributed by atoms with van der Waals surface area (Å²) in [7, 11) is 0. The fourth-order valence-electron chi connectivity index (χ4n) is 2.00. The molecule has 1 aliphatic carbocycles. The van der Waals surface area contributed by atoms with E-state index in [4.69, 9.17) is 16.3 Å². The maximum atomic E-state index is 5.90. The minimum atomic E-state index is 0.606. The van der Waals surface area contributed by atoms with Crippen LogP contribution in [0.5, 0.6) is 0 Å². The largest absolute Gasteiger partial charge is 0.381 e. The Labute approximate surface area is 80.4 Å². The van der Waals surface area contributed by atoms with E-state index in [-0.39, 0.29) is 0 Å². The highest BCUT2D eigenvalue weighted by Crippen LogP contribution is 2.32. The van der Waals surface area contributed by atoms with Crippen LogP contribution in [0.15, 0.2) is 0 Å². The second-order valence-corrected chi connectivity index (χ2v) is 3.93. The molecule has 1 nitrogen and oxygen atoms in total. The molecule has 1 aliphatic rings. The van der Waals surface area contributed by atoms with Crippen molar-refractivity contribution in [3.63, 3.8) is 0 Å². The van der Waals surface area contributed by atoms with E-state index in [1.54, 1.807) is 0 Å². The van der Waals surface area contributed by atoms with E-state index in [1.807, 2.05) is 6.92 Å². The summed E-state index contributed by atoms with van der Waals surface area (Å²) in [6, 6.07) is 0. The Hall–Kier alpha value is 0.250. The van der Waals surface area contributed by atoms with Crippen molar-refractivity contribution in [2.24, 2.45) is 11.8 Å². The summed E-state index contributed by atoms with van der Waals surface area (Å²) in [5.74, 6) is 2.22. The molecule has 0 saturated heterocycles. The third-order valence-corrected chi connectivity index (χ3v) is 3.20. The first kappa shape index (κ1) is 10.3. The predicted molar refractivity (Wildman–Crippen MR) is 52.7 cm³/mol. The highest BCUT2D eigenvalue weighted by atomic mass is 35.5. The minimum absolute atomic E-state index is 0.606. The number of ether oxygens (including phenoxy) is 1. The highest BCUT2D eigenvalue weighted by Gasteiger charge is 2.24. The Morgan fingerprint density at radius 1 is 1.42 bits per heavy atom. The maximum absolute atomic E-state index is 5.90. The molecule has 0 amide bonds. The van der Waals surface area contributed by atoms with Gasteiger partial charge in [-0.2, -0.15) is 0 Å². The third kappa shape index (κ3) is 2.95. The van der Waals surface area contributed by atoms with Gasteiger partial charge in [0, 0.05) is 12.5 Å². The van der Waals surface area contributed by atoms with Gasteiger partial charge in [-0.25, -0.2) is 0 Å². The van der Waals surface area contributed by atoms with Crippen LogP contribution >= 0.6 is 11.6 Å². The Morgan fingerprint density at radius 2 is 2.08 bits per heavy atom. The summed E-state index contributed by atoms with van der Waals surface area (Å²) in [6.07, 6.45) is 5.52. The molecule has 1 saturated carbocycles. The van der Waals surface area contributed by atoms with Gasteiger partial charge in [0.15, 0.2) is 0 Å². The summed E-state index contributed by atoms with van der Waals surface area (Å²) in [4.78, 5) is 0. The zero-order valence-corrected chi connectivity index (χ0v) is 8.65. The van der Waals surface area contributed by atoms with E-state index in [1.165, 1.54) is 25.7 Å². The lowest BCUT2D eigenvalue weighted by Crippen LogP contribution is -2.19. The second kappa shape index (κ2) is 5.82. The van der Waals surface area contributed by atoms with Gasteiger partial charge in [-0.15, -0.1) is 11.6 Å². The number of rotatable bonds is 5. The Balaban J connectivity index is 2.22. The predicted octanol–water partition coefficient (Wildman–Crippen LogP) is 3.07. The van der Waals surface area contributed by atoms with Gasteiger partial charge in [-0.1, -0.05) is 25.7 Å². The first-order valence-electron chi connectivity index (χ1n) is 5.02. The molecule has 0 bridgehead atoms. The molecule has 0 radical (unpaired) electrons. The maximum Gasteiger partial charge on any atom is 0.0508 e. The van der Waals surface area contributed by atoms with E-state index >= 15 is 0 Å². The number of hydrogen-bond donors (Lipinski definition) is 0. The summed E-state index contributed by atoms with van der Waals surface area (Å²) in [6.45, 7) is 3.73. The van der Waals surface area contributed by atoms with Crippen LogP contribution in [-0.2, 0) is 4.74 Å². The number of hydrogen-bond acceptors (Lipinski definition) is 1. The zero-order chi connectivity index (χ0) is 8.81. The van der Waals surface area contributed by atoms with E-state index in [9.17, 15) is 0 Å². The average Bonchev–Trinajstić information content (AvgIpc) is 2.59. The second-order valence-electron chi connectivity index (χ2n) is 3.62. The topological polar surface area (TPSA) is 9.23 Å². The minimum Gasteiger partial charge on any atom is -0.381 e. The molecule has 1 unspecified atom stereocenters. The van der Waals surface area contributed by atoms with E-state index in [0.29, 0.717) is 5.92 Å². The summed E-state index contributed by atoms with van der Waals surface area (Å²) in [5.41, 5.74) is 0. The fourth-order valence-corrected chi connectivity index (χ4v) is 2.35. The monoisotopic (exact) mass is 190 g/mol. The van der Waals surface area contributed by atoms with Crippen molar-refractivity contribution in [2.45, 2.75) is 32.6 Å². The lowest BCUT2D eigenvalue weighted by atomic mass is 9.93. The Bertz CT molecular complexity index is 110. The molecule has 1 fully saturated rings. The number of halogens is 1. The average molecular weight is 191 g/mol. The van der Waals surface area contributed by atoms with Gasteiger partial charge in [-0.05, 0) is 18.8 Å². The van der Waals surface area contributed by atoms with Crippen LogP contribution in [0.25, 0.3) is 0 Å². The van der Waals surface area contributed by atoms with E-state index in [0.717, 1.165) is 25.0 Å². The molecule has 0 heterocycles. The molecule has 0 aliphatic heterocycles. The molecule has 0 aromatic carbocycles. The van der Waals surface area contributed by atoms with Crippen LogP contribution in [0.3, 0.4) is 0 Å². The van der Waals surface area contributed by atoms with Crippen LogP contribution in [0, 0.1) is 11.8 Å². The normalized spacial score (nSPS) is 21.5. The van der Waals surface area contributed by atoms with Gasteiger partial charge >= 0.3 is 0 Å². The van der Waals surface area contributed by atoms with Crippen molar-refractivity contribution in [3.05, 3.63) is 0 Å². The lowest BCUT2D eigenvalue weighted by Gasteiger charge is -2.20. The third-order valence-electron chi connectivity index (χ3n) is 2.80. The molecule has 1 atom stereocenters. The lowest BCUT2D eigenvalue weighted by molar-refractivity contribution is 0.0956. The van der Waals surface area contributed by atoms with Crippen LogP contribution in [0.2, 0.25) is 0 Å². The standard InChI is InChI=1S/C10H19ClO/c1-2-12-8-10(7-11)9-5-3-4-6-9/h9-10H,2-8H2,1H3. The van der Waals surface area contributed by atoms with Gasteiger partial charge < -0.3 is 4.74 Å². The van der Waals surface area contributed by atoms with E-state index < -0.39 is 0 Å². The SMILES string of the molecule is CCOCC(CCl)C1CCCC1. The summed E-state index contributed by atoms with van der Waals surface area (Å²) < 4.78 is 5.41. The summed E-state index contributed by atoms with van der Waals surface area (Å²) >= 11 is 5.90. The number of alkyl halides is 1. The van der Waals surface area contributed by atoms with Crippen molar-refractivity contribution in [3.8, 4) is 0 Å². The fraction of sp³-hybridized carbons (Fsp3) is 1.00. The van der Waals surface area contributed by atoms with Gasteiger partial charge in [0.2, 0.25) is 0 Å². The van der Waals surface area contributed by atoms with Gasteiger partial charge in [0.25, 0.3) is 0 Å². The van der Waals surface area contributed by atoms with Crippen LogP contribution < -0.4 is 0 Å². The van der Waals surface area contributed by atoms with Crippen molar-refractivity contribution >= 4 is 11.6 Å². The molecule has 72 valence electrons. The van der Waals surface area contributed by atoms with E-state index in [2.05, 4.69) is 0 Å². The van der Waals surface area contributed by atoms with Crippen LogP contribution in [0.1, 0.15) is 32.6 Å². The first-order valence-corrected chi connectivity index (χ1v) is 5.55. The highest BCUT2D eigenvalue weighted by molar-refractivity contribution is 6.18. The van der Waals surface area contributed by atoms with Crippen molar-refractivity contribution in [1.29, 1.82) is 0 Å². The van der Waals surface area contributed by atoms with Gasteiger partial charge in [-0.3, -0.25) is 0 Å². The molecular formula is C10H19ClO. The molecule has 2 heteroatoms. The van der Waals surface area contributed by atoms with Crippen molar-refractivity contribution in [1.82, 2.24) is 0 Å². The van der Waals surface area contributed by atoms with Crippen LogP contribution in [0.4, 0.5) is 0 Å². The molecule has 0 aromatic rings. The summed E-state index contributed by atoms with van der Waals surface area (Å²) in [5, 5.41) is 0. The smallest absolute Gasteiger partial charge is 0.0508 e.